The molecule has 2 unspecified atom stereocenters. The van der Waals surface area contributed by atoms with Gasteiger partial charge in [-0.1, -0.05) is 0 Å². The second-order valence-electron chi connectivity index (χ2n) is 5.15. The van der Waals surface area contributed by atoms with Gasteiger partial charge >= 0.3 is 0 Å². The lowest BCUT2D eigenvalue weighted by atomic mass is 10.1. The van der Waals surface area contributed by atoms with Crippen molar-refractivity contribution in [2.24, 2.45) is 5.92 Å². The molecule has 2 saturated heterocycles. The molecule has 0 aromatic heterocycles. The number of halogens is 1. The highest BCUT2D eigenvalue weighted by Crippen LogP contribution is 2.22. The lowest BCUT2D eigenvalue weighted by Crippen LogP contribution is -2.29. The van der Waals surface area contributed by atoms with E-state index >= 15 is 0 Å². The molecule has 0 spiro atoms. The van der Waals surface area contributed by atoms with Crippen LogP contribution >= 0.6 is 11.6 Å². The molecule has 0 saturated carbocycles. The van der Waals surface area contributed by atoms with Crippen molar-refractivity contribution in [2.75, 3.05) is 25.6 Å². The van der Waals surface area contributed by atoms with Crippen molar-refractivity contribution in [3.63, 3.8) is 0 Å². The minimum absolute atomic E-state index is 0.303. The smallest absolute Gasteiger partial charge is 0.222 e. The molecule has 2 aliphatic heterocycles. The number of carbonyl (C=O) groups is 1. The fourth-order valence-corrected chi connectivity index (χ4v) is 3.07. The van der Waals surface area contributed by atoms with Crippen molar-refractivity contribution in [3.05, 3.63) is 0 Å². The third-order valence-electron chi connectivity index (χ3n) is 3.86. The van der Waals surface area contributed by atoms with Crippen LogP contribution in [0.4, 0.5) is 0 Å². The number of alkyl halides is 1. The van der Waals surface area contributed by atoms with Crippen LogP contribution in [0, 0.1) is 5.92 Å². The molecular weight excluding hydrogens is 238 g/mol. The van der Waals surface area contributed by atoms with E-state index in [1.54, 1.807) is 0 Å². The predicted molar refractivity (Wildman–Crippen MR) is 68.2 cm³/mol. The van der Waals surface area contributed by atoms with Gasteiger partial charge in [0.05, 0.1) is 6.10 Å². The zero-order chi connectivity index (χ0) is 12.1. The molecule has 17 heavy (non-hydrogen) atoms. The second kappa shape index (κ2) is 6.60. The lowest BCUT2D eigenvalue weighted by Gasteiger charge is -2.17. The number of carbonyl (C=O) groups excluding carboxylic acids is 1. The number of ether oxygens (including phenoxy) is 1. The standard InChI is InChI=1S/C13H22ClNO2/c14-7-5-11-6-8-15(10-11)13(16)4-3-12-2-1-9-17-12/h11-12H,1-10H2. The monoisotopic (exact) mass is 259 g/mol. The Bertz CT molecular complexity index is 254. The van der Waals surface area contributed by atoms with Gasteiger partial charge in [-0.3, -0.25) is 4.79 Å². The highest BCUT2D eigenvalue weighted by molar-refractivity contribution is 6.17. The molecule has 1 amide bonds. The molecule has 0 radical (unpaired) electrons. The number of nitrogens with zero attached hydrogens (tertiary/aromatic N) is 1. The molecule has 2 fully saturated rings. The summed E-state index contributed by atoms with van der Waals surface area (Å²) >= 11 is 5.74. The topological polar surface area (TPSA) is 29.5 Å². The molecule has 0 N–H and O–H groups in total. The minimum Gasteiger partial charge on any atom is -0.378 e. The van der Waals surface area contributed by atoms with E-state index in [2.05, 4.69) is 0 Å². The maximum Gasteiger partial charge on any atom is 0.222 e. The molecule has 4 heteroatoms. The Morgan fingerprint density at radius 1 is 1.35 bits per heavy atom. The van der Waals surface area contributed by atoms with Gasteiger partial charge in [0.25, 0.3) is 0 Å². The third-order valence-corrected chi connectivity index (χ3v) is 4.08. The molecule has 3 nitrogen and oxygen atoms in total. The van der Waals surface area contributed by atoms with Gasteiger partial charge in [-0.25, -0.2) is 0 Å². The van der Waals surface area contributed by atoms with Crippen molar-refractivity contribution in [1.82, 2.24) is 4.90 Å². The molecule has 2 heterocycles. The molecule has 98 valence electrons. The summed E-state index contributed by atoms with van der Waals surface area (Å²) in [4.78, 5) is 14.0. The Kier molecular flexibility index (Phi) is 5.11. The molecule has 2 atom stereocenters. The summed E-state index contributed by atoms with van der Waals surface area (Å²) in [6.07, 6.45) is 6.33. The van der Waals surface area contributed by atoms with E-state index in [0.717, 1.165) is 51.8 Å². The molecular formula is C13H22ClNO2. The van der Waals surface area contributed by atoms with E-state index in [4.69, 9.17) is 16.3 Å². The second-order valence-corrected chi connectivity index (χ2v) is 5.52. The van der Waals surface area contributed by atoms with Gasteiger partial charge in [-0.05, 0) is 38.0 Å². The molecule has 0 aromatic carbocycles. The van der Waals surface area contributed by atoms with Crippen molar-refractivity contribution in [1.29, 1.82) is 0 Å². The Morgan fingerprint density at radius 3 is 2.94 bits per heavy atom. The van der Waals surface area contributed by atoms with Gasteiger partial charge in [-0.15, -0.1) is 11.6 Å². The Morgan fingerprint density at radius 2 is 2.24 bits per heavy atom. The summed E-state index contributed by atoms with van der Waals surface area (Å²) < 4.78 is 5.54. The van der Waals surface area contributed by atoms with Crippen LogP contribution in [-0.4, -0.2) is 42.5 Å². The van der Waals surface area contributed by atoms with Gasteiger partial charge < -0.3 is 9.64 Å². The predicted octanol–water partition coefficient (Wildman–Crippen LogP) is 2.42. The fraction of sp³-hybridized carbons (Fsp3) is 0.923. The summed E-state index contributed by atoms with van der Waals surface area (Å²) in [5.74, 6) is 1.64. The van der Waals surface area contributed by atoms with E-state index in [0.29, 0.717) is 30.2 Å². The van der Waals surface area contributed by atoms with Crippen LogP contribution in [0.15, 0.2) is 0 Å². The zero-order valence-corrected chi connectivity index (χ0v) is 11.1. The largest absolute Gasteiger partial charge is 0.378 e. The van der Waals surface area contributed by atoms with E-state index < -0.39 is 0 Å². The van der Waals surface area contributed by atoms with Crippen LogP contribution in [0.25, 0.3) is 0 Å². The van der Waals surface area contributed by atoms with Gasteiger partial charge in [0.2, 0.25) is 5.91 Å². The molecule has 0 aliphatic carbocycles. The van der Waals surface area contributed by atoms with Crippen LogP contribution < -0.4 is 0 Å². The average Bonchev–Trinajstić information content (AvgIpc) is 2.97. The van der Waals surface area contributed by atoms with Crippen molar-refractivity contribution in [2.45, 2.75) is 44.6 Å². The first kappa shape index (κ1) is 13.2. The molecule has 0 bridgehead atoms. The van der Waals surface area contributed by atoms with Gasteiger partial charge in [0, 0.05) is 32.0 Å². The number of hydrogen-bond acceptors (Lipinski definition) is 2. The normalized spacial score (nSPS) is 28.9. The van der Waals surface area contributed by atoms with Crippen LogP contribution in [0.5, 0.6) is 0 Å². The maximum atomic E-state index is 12.0. The number of rotatable bonds is 5. The van der Waals surface area contributed by atoms with E-state index in [-0.39, 0.29) is 0 Å². The first-order chi connectivity index (χ1) is 8.29. The number of amides is 1. The maximum absolute atomic E-state index is 12.0. The van der Waals surface area contributed by atoms with Crippen molar-refractivity contribution < 1.29 is 9.53 Å². The quantitative estimate of drug-likeness (QED) is 0.710. The lowest BCUT2D eigenvalue weighted by molar-refractivity contribution is -0.130. The van der Waals surface area contributed by atoms with Gasteiger partial charge in [0.1, 0.15) is 0 Å². The number of hydrogen-bond donors (Lipinski definition) is 0. The highest BCUT2D eigenvalue weighted by atomic mass is 35.5. The van der Waals surface area contributed by atoms with Crippen molar-refractivity contribution in [3.8, 4) is 0 Å². The Balaban J connectivity index is 1.66. The van der Waals surface area contributed by atoms with E-state index in [1.807, 2.05) is 4.90 Å². The first-order valence-electron chi connectivity index (χ1n) is 6.75. The number of likely N-dealkylation sites (tertiary alicyclic amines) is 1. The third kappa shape index (κ3) is 3.85. The molecule has 0 aromatic rings. The summed E-state index contributed by atoms with van der Waals surface area (Å²) in [6, 6.07) is 0. The first-order valence-corrected chi connectivity index (χ1v) is 7.28. The summed E-state index contributed by atoms with van der Waals surface area (Å²) in [5, 5.41) is 0. The van der Waals surface area contributed by atoms with Crippen LogP contribution in [0.3, 0.4) is 0 Å². The van der Waals surface area contributed by atoms with Crippen LogP contribution in [0.2, 0.25) is 0 Å². The highest BCUT2D eigenvalue weighted by Gasteiger charge is 2.26. The van der Waals surface area contributed by atoms with Gasteiger partial charge in [-0.2, -0.15) is 0 Å². The SMILES string of the molecule is O=C(CCC1CCCO1)N1CCC(CCCl)C1. The summed E-state index contributed by atoms with van der Waals surface area (Å²) in [5.41, 5.74) is 0. The average molecular weight is 260 g/mol. The Hall–Kier alpha value is -0.280. The molecule has 2 aliphatic rings. The molecule has 2 rings (SSSR count). The van der Waals surface area contributed by atoms with E-state index in [9.17, 15) is 4.79 Å². The fourth-order valence-electron chi connectivity index (χ4n) is 2.76. The van der Waals surface area contributed by atoms with Crippen LogP contribution in [-0.2, 0) is 9.53 Å². The van der Waals surface area contributed by atoms with E-state index in [1.165, 1.54) is 0 Å². The van der Waals surface area contributed by atoms with Crippen molar-refractivity contribution >= 4 is 17.5 Å². The minimum atomic E-state index is 0.303. The zero-order valence-electron chi connectivity index (χ0n) is 10.4. The van der Waals surface area contributed by atoms with Gasteiger partial charge in [0.15, 0.2) is 0 Å². The Labute approximate surface area is 108 Å². The summed E-state index contributed by atoms with van der Waals surface area (Å²) in [6.45, 7) is 2.71. The van der Waals surface area contributed by atoms with Crippen LogP contribution in [0.1, 0.15) is 38.5 Å². The summed E-state index contributed by atoms with van der Waals surface area (Å²) in [7, 11) is 0.